The third-order valence-electron chi connectivity index (χ3n) is 2.91. The Morgan fingerprint density at radius 2 is 2.15 bits per heavy atom. The van der Waals surface area contributed by atoms with Crippen molar-refractivity contribution in [2.24, 2.45) is 11.1 Å². The predicted octanol–water partition coefficient (Wildman–Crippen LogP) is 2.98. The topological polar surface area (TPSA) is 68.2 Å². The molecule has 0 saturated carbocycles. The monoisotopic (exact) mass is 358 g/mol. The summed E-state index contributed by atoms with van der Waals surface area (Å²) in [4.78, 5) is 3.12. The van der Waals surface area contributed by atoms with Crippen molar-refractivity contribution in [3.8, 4) is 10.8 Å². The van der Waals surface area contributed by atoms with E-state index in [1.54, 1.807) is 11.3 Å². The molecule has 0 amide bonds. The van der Waals surface area contributed by atoms with Crippen LogP contribution in [0.25, 0.3) is 10.8 Å². The van der Waals surface area contributed by atoms with Crippen LogP contribution in [0.4, 0.5) is 0 Å². The molecule has 0 spiro atoms. The van der Waals surface area contributed by atoms with Crippen LogP contribution in [0.15, 0.2) is 20.3 Å². The summed E-state index contributed by atoms with van der Waals surface area (Å²) < 4.78 is 6.75. The van der Waals surface area contributed by atoms with Crippen molar-refractivity contribution in [3.63, 3.8) is 0 Å². The van der Waals surface area contributed by atoms with Crippen molar-refractivity contribution in [3.05, 3.63) is 21.8 Å². The number of hydrogen-bond acceptors (Lipinski definition) is 6. The fourth-order valence-electron chi connectivity index (χ4n) is 1.93. The fourth-order valence-corrected chi connectivity index (χ4v) is 3.24. The second kappa shape index (κ2) is 6.34. The van der Waals surface area contributed by atoms with E-state index in [1.807, 2.05) is 19.2 Å². The van der Waals surface area contributed by atoms with E-state index in [2.05, 4.69) is 44.9 Å². The third kappa shape index (κ3) is 4.12. The van der Waals surface area contributed by atoms with Crippen LogP contribution in [0.5, 0.6) is 0 Å². The second-order valence-electron chi connectivity index (χ2n) is 5.65. The molecule has 5 nitrogen and oxygen atoms in total. The van der Waals surface area contributed by atoms with Gasteiger partial charge in [-0.2, -0.15) is 0 Å². The fraction of sp³-hybridized carbons (Fsp3) is 0.538. The number of rotatable bonds is 6. The molecule has 0 aromatic carbocycles. The first kappa shape index (κ1) is 15.6. The first-order valence-electron chi connectivity index (χ1n) is 6.36. The second-order valence-corrected chi connectivity index (χ2v) is 8.11. The van der Waals surface area contributed by atoms with E-state index < -0.39 is 0 Å². The highest BCUT2D eigenvalue weighted by atomic mass is 79.9. The first-order chi connectivity index (χ1) is 9.39. The molecular formula is C13H19BrN4OS. The van der Waals surface area contributed by atoms with Crippen LogP contribution in [0.2, 0.25) is 0 Å². The lowest BCUT2D eigenvalue weighted by Gasteiger charge is -2.27. The van der Waals surface area contributed by atoms with Gasteiger partial charge < -0.3 is 10.2 Å². The van der Waals surface area contributed by atoms with Gasteiger partial charge in [0.2, 0.25) is 5.89 Å². The van der Waals surface area contributed by atoms with Crippen molar-refractivity contribution in [1.82, 2.24) is 15.1 Å². The molecule has 0 aliphatic carbocycles. The molecule has 0 atom stereocenters. The first-order valence-corrected chi connectivity index (χ1v) is 7.97. The van der Waals surface area contributed by atoms with Gasteiger partial charge >= 0.3 is 0 Å². The molecule has 0 aliphatic heterocycles. The van der Waals surface area contributed by atoms with Crippen molar-refractivity contribution in [2.45, 2.75) is 20.4 Å². The zero-order valence-electron chi connectivity index (χ0n) is 11.9. The van der Waals surface area contributed by atoms with Crippen LogP contribution >= 0.6 is 27.3 Å². The Morgan fingerprint density at radius 3 is 2.75 bits per heavy atom. The molecule has 0 fully saturated rings. The van der Waals surface area contributed by atoms with Gasteiger partial charge in [-0.1, -0.05) is 13.8 Å². The van der Waals surface area contributed by atoms with Gasteiger partial charge in [0.25, 0.3) is 5.89 Å². The van der Waals surface area contributed by atoms with E-state index >= 15 is 0 Å². The maximum atomic E-state index is 5.75. The van der Waals surface area contributed by atoms with Crippen molar-refractivity contribution < 1.29 is 4.42 Å². The average Bonchev–Trinajstić information content (AvgIpc) is 2.97. The van der Waals surface area contributed by atoms with Gasteiger partial charge in [-0.05, 0) is 47.1 Å². The van der Waals surface area contributed by atoms with Crippen molar-refractivity contribution in [1.29, 1.82) is 0 Å². The normalized spacial score (nSPS) is 12.3. The lowest BCUT2D eigenvalue weighted by Crippen LogP contribution is -2.36. The lowest BCUT2D eigenvalue weighted by molar-refractivity contribution is 0.196. The average molecular weight is 359 g/mol. The Morgan fingerprint density at radius 1 is 1.40 bits per heavy atom. The highest BCUT2D eigenvalue weighted by Gasteiger charge is 2.19. The number of nitrogens with zero attached hydrogens (tertiary/aromatic N) is 3. The van der Waals surface area contributed by atoms with Crippen LogP contribution in [0, 0.1) is 5.41 Å². The summed E-state index contributed by atoms with van der Waals surface area (Å²) in [6, 6.07) is 3.94. The third-order valence-corrected chi connectivity index (χ3v) is 4.52. The standard InChI is InChI=1S/C13H19BrN4OS/c1-13(2,7-15)8-18(3)6-11-16-17-12(19-11)9-4-5-10(14)20-9/h4-5H,6-8,15H2,1-3H3. The smallest absolute Gasteiger partial charge is 0.257 e. The van der Waals surface area contributed by atoms with E-state index in [9.17, 15) is 0 Å². The molecule has 7 heteroatoms. The molecule has 0 saturated heterocycles. The number of aromatic nitrogens is 2. The summed E-state index contributed by atoms with van der Waals surface area (Å²) >= 11 is 5.00. The summed E-state index contributed by atoms with van der Waals surface area (Å²) in [5, 5.41) is 8.19. The van der Waals surface area contributed by atoms with Crippen molar-refractivity contribution in [2.75, 3.05) is 20.1 Å². The summed E-state index contributed by atoms with van der Waals surface area (Å²) in [7, 11) is 2.03. The summed E-state index contributed by atoms with van der Waals surface area (Å²) in [6.07, 6.45) is 0. The number of nitrogens with two attached hydrogens (primary N) is 1. The maximum absolute atomic E-state index is 5.75. The Kier molecular flexibility index (Phi) is 4.95. The molecule has 0 bridgehead atoms. The number of hydrogen-bond donors (Lipinski definition) is 1. The van der Waals surface area contributed by atoms with Gasteiger partial charge in [0.15, 0.2) is 0 Å². The summed E-state index contributed by atoms with van der Waals surface area (Å²) in [6.45, 7) is 6.45. The van der Waals surface area contributed by atoms with Crippen LogP contribution in [-0.2, 0) is 6.54 Å². The number of halogens is 1. The minimum absolute atomic E-state index is 0.0796. The van der Waals surface area contributed by atoms with E-state index in [1.165, 1.54) is 0 Å². The minimum Gasteiger partial charge on any atom is -0.419 e. The Labute approximate surface area is 131 Å². The van der Waals surface area contributed by atoms with Gasteiger partial charge in [-0.25, -0.2) is 0 Å². The molecule has 2 aromatic rings. The van der Waals surface area contributed by atoms with Crippen LogP contribution in [0.1, 0.15) is 19.7 Å². The molecule has 2 N–H and O–H groups in total. The Balaban J connectivity index is 1.99. The molecule has 0 unspecified atom stereocenters. The number of thiophene rings is 1. The van der Waals surface area contributed by atoms with E-state index in [0.29, 0.717) is 24.9 Å². The highest BCUT2D eigenvalue weighted by molar-refractivity contribution is 9.11. The summed E-state index contributed by atoms with van der Waals surface area (Å²) in [5.74, 6) is 1.20. The molecule has 0 radical (unpaired) electrons. The lowest BCUT2D eigenvalue weighted by atomic mass is 9.93. The molecular weight excluding hydrogens is 340 g/mol. The highest BCUT2D eigenvalue weighted by Crippen LogP contribution is 2.30. The van der Waals surface area contributed by atoms with E-state index in [4.69, 9.17) is 10.2 Å². The van der Waals surface area contributed by atoms with Gasteiger partial charge in [0.1, 0.15) is 0 Å². The Hall–Kier alpha value is -0.760. The molecule has 110 valence electrons. The van der Waals surface area contributed by atoms with Crippen molar-refractivity contribution >= 4 is 27.3 Å². The molecule has 20 heavy (non-hydrogen) atoms. The van der Waals surface area contributed by atoms with Gasteiger partial charge in [0.05, 0.1) is 15.2 Å². The SMILES string of the molecule is CN(Cc1nnc(-c2ccc(Br)s2)o1)CC(C)(C)CN. The molecule has 2 rings (SSSR count). The minimum atomic E-state index is 0.0796. The van der Waals surface area contributed by atoms with Crippen LogP contribution in [0.3, 0.4) is 0 Å². The quantitative estimate of drug-likeness (QED) is 0.859. The van der Waals surface area contributed by atoms with Gasteiger partial charge in [-0.3, -0.25) is 4.90 Å². The van der Waals surface area contributed by atoms with E-state index in [0.717, 1.165) is 15.2 Å². The zero-order valence-corrected chi connectivity index (χ0v) is 14.3. The largest absolute Gasteiger partial charge is 0.419 e. The van der Waals surface area contributed by atoms with Crippen LogP contribution in [-0.4, -0.2) is 35.2 Å². The molecule has 2 heterocycles. The Bertz CT molecular complexity index is 566. The van der Waals surface area contributed by atoms with Crippen LogP contribution < -0.4 is 5.73 Å². The maximum Gasteiger partial charge on any atom is 0.257 e. The molecule has 0 aliphatic rings. The predicted molar refractivity (Wildman–Crippen MR) is 84.5 cm³/mol. The van der Waals surface area contributed by atoms with E-state index in [-0.39, 0.29) is 5.41 Å². The summed E-state index contributed by atoms with van der Waals surface area (Å²) in [5.41, 5.74) is 5.83. The molecule has 2 aromatic heterocycles. The van der Waals surface area contributed by atoms with Gasteiger partial charge in [0, 0.05) is 6.54 Å². The zero-order chi connectivity index (χ0) is 14.8. The van der Waals surface area contributed by atoms with Gasteiger partial charge in [-0.15, -0.1) is 21.5 Å².